The topological polar surface area (TPSA) is 0 Å². The van der Waals surface area contributed by atoms with Crippen LogP contribution in [0.15, 0.2) is 194 Å². The zero-order chi connectivity index (χ0) is 34.2. The van der Waals surface area contributed by atoms with Gasteiger partial charge in [-0.1, -0.05) is 194 Å². The van der Waals surface area contributed by atoms with Crippen molar-refractivity contribution in [1.29, 1.82) is 0 Å². The van der Waals surface area contributed by atoms with E-state index in [1.807, 2.05) is 0 Å². The van der Waals surface area contributed by atoms with Gasteiger partial charge in [-0.3, -0.25) is 0 Å². The molecule has 0 atom stereocenters. The molecule has 1 aliphatic rings. The maximum atomic E-state index is 2.36. The predicted octanol–water partition coefficient (Wildman–Crippen LogP) is 14.6. The van der Waals surface area contributed by atoms with Crippen molar-refractivity contribution >= 4 is 43.1 Å². The Bertz CT molecular complexity index is 3040. The maximum absolute atomic E-state index is 2.36. The number of benzene rings is 10. The van der Waals surface area contributed by atoms with Crippen molar-refractivity contribution in [2.45, 2.75) is 0 Å². The molecule has 0 radical (unpaired) electrons. The summed E-state index contributed by atoms with van der Waals surface area (Å²) in [5.41, 5.74) is 15.3. The van der Waals surface area contributed by atoms with Gasteiger partial charge < -0.3 is 0 Å². The lowest BCUT2D eigenvalue weighted by Crippen LogP contribution is -1.97. The summed E-state index contributed by atoms with van der Waals surface area (Å²) < 4.78 is 0. The van der Waals surface area contributed by atoms with Crippen LogP contribution in [0.1, 0.15) is 0 Å². The van der Waals surface area contributed by atoms with Crippen LogP contribution in [-0.4, -0.2) is 0 Å². The Labute approximate surface area is 302 Å². The third-order valence-electron chi connectivity index (χ3n) is 11.2. The zero-order valence-corrected chi connectivity index (χ0v) is 28.5. The molecule has 0 spiro atoms. The van der Waals surface area contributed by atoms with Crippen LogP contribution in [-0.2, 0) is 0 Å². The van der Waals surface area contributed by atoms with Crippen LogP contribution in [0.5, 0.6) is 0 Å². The monoisotopic (exact) mass is 656 g/mol. The van der Waals surface area contributed by atoms with Crippen molar-refractivity contribution in [2.24, 2.45) is 0 Å². The lowest BCUT2D eigenvalue weighted by Gasteiger charge is -2.24. The molecule has 0 fully saturated rings. The summed E-state index contributed by atoms with van der Waals surface area (Å²) in [6.45, 7) is 0. The van der Waals surface area contributed by atoms with E-state index < -0.39 is 0 Å². The largest absolute Gasteiger partial charge is 0.0622 e. The quantitative estimate of drug-likeness (QED) is 0.165. The lowest BCUT2D eigenvalue weighted by atomic mass is 9.78. The zero-order valence-electron chi connectivity index (χ0n) is 28.5. The van der Waals surface area contributed by atoms with Gasteiger partial charge in [-0.25, -0.2) is 0 Å². The average Bonchev–Trinajstić information content (AvgIpc) is 3.57. The Kier molecular flexibility index (Phi) is 6.35. The highest BCUT2D eigenvalue weighted by atomic mass is 14.3. The highest BCUT2D eigenvalue weighted by molar-refractivity contribution is 6.30. The smallest absolute Gasteiger partial charge is 0.000116 e. The first-order valence-corrected chi connectivity index (χ1v) is 18.1. The number of hydrogen-bond donors (Lipinski definition) is 0. The molecular formula is C52H32. The van der Waals surface area contributed by atoms with E-state index in [1.54, 1.807) is 0 Å². The maximum Gasteiger partial charge on any atom is -0.000116 e. The molecule has 0 unspecified atom stereocenters. The van der Waals surface area contributed by atoms with Crippen molar-refractivity contribution in [3.05, 3.63) is 194 Å². The molecule has 52 heavy (non-hydrogen) atoms. The Morgan fingerprint density at radius 3 is 1.50 bits per heavy atom. The van der Waals surface area contributed by atoms with Gasteiger partial charge >= 0.3 is 0 Å². The molecule has 0 saturated carbocycles. The van der Waals surface area contributed by atoms with Gasteiger partial charge in [0, 0.05) is 0 Å². The van der Waals surface area contributed by atoms with Crippen molar-refractivity contribution in [1.82, 2.24) is 0 Å². The predicted molar refractivity (Wildman–Crippen MR) is 223 cm³/mol. The van der Waals surface area contributed by atoms with Gasteiger partial charge in [-0.15, -0.1) is 0 Å². The van der Waals surface area contributed by atoms with E-state index in [4.69, 9.17) is 0 Å². The molecule has 240 valence electrons. The minimum atomic E-state index is 1.22. The van der Waals surface area contributed by atoms with Crippen LogP contribution in [0, 0.1) is 0 Å². The Morgan fingerprint density at radius 2 is 0.731 bits per heavy atom. The molecule has 0 heteroatoms. The van der Waals surface area contributed by atoms with Crippen molar-refractivity contribution in [3.63, 3.8) is 0 Å². The molecule has 1 aliphatic carbocycles. The van der Waals surface area contributed by atoms with Gasteiger partial charge in [0.15, 0.2) is 0 Å². The lowest BCUT2D eigenvalue weighted by molar-refractivity contribution is 1.58. The van der Waals surface area contributed by atoms with E-state index in [0.717, 1.165) is 0 Å². The SMILES string of the molecule is c1ccc(-c2c(-c3ccccc3-c3cccc4c3ccc3ccccc34)c3c4c(cccc4c2-c2ccccc2)-c2ccc4ccccc4c2-3)cc1. The van der Waals surface area contributed by atoms with E-state index in [0.29, 0.717) is 0 Å². The van der Waals surface area contributed by atoms with Gasteiger partial charge in [0.1, 0.15) is 0 Å². The molecule has 0 aliphatic heterocycles. The van der Waals surface area contributed by atoms with E-state index in [1.165, 1.54) is 110 Å². The van der Waals surface area contributed by atoms with E-state index in [-0.39, 0.29) is 0 Å². The fourth-order valence-corrected chi connectivity index (χ4v) is 9.06. The van der Waals surface area contributed by atoms with Crippen LogP contribution in [0.3, 0.4) is 0 Å². The highest BCUT2D eigenvalue weighted by Crippen LogP contribution is 2.60. The van der Waals surface area contributed by atoms with E-state index >= 15 is 0 Å². The van der Waals surface area contributed by atoms with Gasteiger partial charge in [-0.05, 0) is 110 Å². The van der Waals surface area contributed by atoms with Gasteiger partial charge in [0.25, 0.3) is 0 Å². The van der Waals surface area contributed by atoms with Crippen molar-refractivity contribution in [3.8, 4) is 66.8 Å². The molecule has 0 heterocycles. The summed E-state index contributed by atoms with van der Waals surface area (Å²) in [6.07, 6.45) is 0. The summed E-state index contributed by atoms with van der Waals surface area (Å²) in [5.74, 6) is 0. The summed E-state index contributed by atoms with van der Waals surface area (Å²) in [6, 6.07) is 71.8. The van der Waals surface area contributed by atoms with Crippen LogP contribution in [0.2, 0.25) is 0 Å². The minimum Gasteiger partial charge on any atom is -0.0622 e. The second kappa shape index (κ2) is 11.4. The van der Waals surface area contributed by atoms with Gasteiger partial charge in [0.05, 0.1) is 0 Å². The fourth-order valence-electron chi connectivity index (χ4n) is 9.06. The van der Waals surface area contributed by atoms with Crippen LogP contribution in [0.4, 0.5) is 0 Å². The second-order valence-corrected chi connectivity index (χ2v) is 13.9. The van der Waals surface area contributed by atoms with E-state index in [2.05, 4.69) is 194 Å². The normalized spacial score (nSPS) is 11.8. The molecule has 11 rings (SSSR count). The first-order valence-electron chi connectivity index (χ1n) is 18.1. The third kappa shape index (κ3) is 4.16. The number of fused-ring (bicyclic) bond motifs is 8. The Morgan fingerprint density at radius 1 is 0.192 bits per heavy atom. The molecular weight excluding hydrogens is 625 g/mol. The first-order chi connectivity index (χ1) is 25.8. The Hall–Kier alpha value is -6.76. The number of rotatable bonds is 4. The summed E-state index contributed by atoms with van der Waals surface area (Å²) in [4.78, 5) is 0. The highest BCUT2D eigenvalue weighted by Gasteiger charge is 2.32. The van der Waals surface area contributed by atoms with Crippen molar-refractivity contribution in [2.75, 3.05) is 0 Å². The van der Waals surface area contributed by atoms with Crippen LogP contribution >= 0.6 is 0 Å². The molecule has 0 amide bonds. The number of hydrogen-bond acceptors (Lipinski definition) is 0. The standard InChI is InChI=1S/C52H32/c1-3-17-35(18-4-1)47-46-28-14-27-44-45-32-30-34-16-8-10-22-38(34)49(45)52(50(44)46)51(48(47)36-19-5-2-6-20-36)43-24-12-11-23-41(43)40-26-13-25-39-37-21-9-7-15-33(37)29-31-42(39)40/h1-32H. The first kappa shape index (κ1) is 29.0. The van der Waals surface area contributed by atoms with Gasteiger partial charge in [0.2, 0.25) is 0 Å². The van der Waals surface area contributed by atoms with E-state index in [9.17, 15) is 0 Å². The van der Waals surface area contributed by atoms with Crippen LogP contribution < -0.4 is 0 Å². The van der Waals surface area contributed by atoms with Crippen molar-refractivity contribution < 1.29 is 0 Å². The summed E-state index contributed by atoms with van der Waals surface area (Å²) >= 11 is 0. The second-order valence-electron chi connectivity index (χ2n) is 13.9. The molecule has 0 N–H and O–H groups in total. The molecule has 0 bridgehead atoms. The average molecular weight is 657 g/mol. The minimum absolute atomic E-state index is 1.22. The molecule has 0 nitrogen and oxygen atoms in total. The summed E-state index contributed by atoms with van der Waals surface area (Å²) in [5, 5.41) is 10.3. The molecule has 10 aromatic rings. The molecule has 0 saturated heterocycles. The van der Waals surface area contributed by atoms with Crippen LogP contribution in [0.25, 0.3) is 110 Å². The third-order valence-corrected chi connectivity index (χ3v) is 11.2. The molecule has 0 aromatic heterocycles. The molecule has 10 aromatic carbocycles. The summed E-state index contributed by atoms with van der Waals surface area (Å²) in [7, 11) is 0. The fraction of sp³-hybridized carbons (Fsp3) is 0. The van der Waals surface area contributed by atoms with Gasteiger partial charge in [-0.2, -0.15) is 0 Å². The Balaban J connectivity index is 1.36.